The highest BCUT2D eigenvalue weighted by atomic mass is 35.5. The summed E-state index contributed by atoms with van der Waals surface area (Å²) in [5.74, 6) is 0.319. The molecule has 1 aromatic carbocycles. The van der Waals surface area contributed by atoms with Crippen molar-refractivity contribution in [3.63, 3.8) is 0 Å². The lowest BCUT2D eigenvalue weighted by atomic mass is 10.1. The molecule has 27 heavy (non-hydrogen) atoms. The van der Waals surface area contributed by atoms with Gasteiger partial charge >= 0.3 is 6.03 Å². The molecule has 7 nitrogen and oxygen atoms in total. The molecule has 0 bridgehead atoms. The molecule has 0 unspecified atom stereocenters. The Hall–Kier alpha value is -2.54. The molecule has 1 aromatic rings. The van der Waals surface area contributed by atoms with Gasteiger partial charge in [-0.2, -0.15) is 0 Å². The van der Waals surface area contributed by atoms with E-state index in [1.54, 1.807) is 18.2 Å². The van der Waals surface area contributed by atoms with Crippen molar-refractivity contribution in [2.45, 2.75) is 26.2 Å². The van der Waals surface area contributed by atoms with Crippen molar-refractivity contribution in [1.29, 1.82) is 0 Å². The molecule has 0 saturated carbocycles. The number of barbiturate groups is 1. The number of rotatable bonds is 7. The van der Waals surface area contributed by atoms with Gasteiger partial charge in [0.2, 0.25) is 6.79 Å². The van der Waals surface area contributed by atoms with Crippen LogP contribution in [0, 0.1) is 0 Å². The monoisotopic (exact) mass is 392 g/mol. The number of nitrogens with zero attached hydrogens (tertiary/aromatic N) is 2. The average molecular weight is 393 g/mol. The van der Waals surface area contributed by atoms with Gasteiger partial charge in [0.05, 0.1) is 0 Å². The standard InChI is InChI=1S/C19H21ClN2O5/c1-2-3-8-21-17(23)14(18(24)22(19(21)25)9-4-7-20)10-13-5-6-15-16(11-13)27-12-26-15/h5-6,10-11H,2-4,7-9,12H2,1H3. The minimum absolute atomic E-state index is 0.0425. The van der Waals surface area contributed by atoms with Crippen molar-refractivity contribution in [2.75, 3.05) is 25.8 Å². The number of ether oxygens (including phenoxy) is 2. The van der Waals surface area contributed by atoms with Crippen LogP contribution in [-0.2, 0) is 9.59 Å². The maximum atomic E-state index is 12.8. The summed E-state index contributed by atoms with van der Waals surface area (Å²) in [4.78, 5) is 40.5. The number of amides is 4. The molecule has 1 fully saturated rings. The maximum Gasteiger partial charge on any atom is 0.333 e. The molecule has 144 valence electrons. The summed E-state index contributed by atoms with van der Waals surface area (Å²) in [6, 6.07) is 4.58. The Labute approximate surface area is 162 Å². The van der Waals surface area contributed by atoms with E-state index in [1.165, 1.54) is 6.08 Å². The van der Waals surface area contributed by atoms with E-state index in [0.29, 0.717) is 35.8 Å². The van der Waals surface area contributed by atoms with Crippen LogP contribution in [-0.4, -0.2) is 53.4 Å². The van der Waals surface area contributed by atoms with Crippen molar-refractivity contribution < 1.29 is 23.9 Å². The number of alkyl halides is 1. The van der Waals surface area contributed by atoms with Crippen molar-refractivity contribution >= 4 is 35.5 Å². The van der Waals surface area contributed by atoms with Gasteiger partial charge in [0.1, 0.15) is 5.57 Å². The molecular weight excluding hydrogens is 372 g/mol. The first-order valence-corrected chi connectivity index (χ1v) is 9.45. The van der Waals surface area contributed by atoms with E-state index in [1.807, 2.05) is 6.92 Å². The molecule has 0 N–H and O–H groups in total. The summed E-state index contributed by atoms with van der Waals surface area (Å²) in [6.07, 6.45) is 3.46. The van der Waals surface area contributed by atoms with E-state index in [0.717, 1.165) is 16.2 Å². The average Bonchev–Trinajstić information content (AvgIpc) is 3.13. The van der Waals surface area contributed by atoms with Gasteiger partial charge in [-0.05, 0) is 36.6 Å². The van der Waals surface area contributed by atoms with E-state index in [9.17, 15) is 14.4 Å². The Morgan fingerprint density at radius 1 is 1.04 bits per heavy atom. The maximum absolute atomic E-state index is 12.8. The fourth-order valence-corrected chi connectivity index (χ4v) is 3.04. The number of fused-ring (bicyclic) bond motifs is 1. The lowest BCUT2D eigenvalue weighted by molar-refractivity contribution is -0.135. The molecule has 0 atom stereocenters. The van der Waals surface area contributed by atoms with Gasteiger partial charge in [-0.25, -0.2) is 4.79 Å². The third-order valence-electron chi connectivity index (χ3n) is 4.37. The topological polar surface area (TPSA) is 76.2 Å². The number of imide groups is 2. The van der Waals surface area contributed by atoms with Gasteiger partial charge in [0, 0.05) is 19.0 Å². The third kappa shape index (κ3) is 3.93. The van der Waals surface area contributed by atoms with Crippen LogP contribution in [0.25, 0.3) is 6.08 Å². The smallest absolute Gasteiger partial charge is 0.333 e. The van der Waals surface area contributed by atoms with Crippen LogP contribution < -0.4 is 9.47 Å². The molecule has 0 aromatic heterocycles. The van der Waals surface area contributed by atoms with Crippen LogP contribution in [0.2, 0.25) is 0 Å². The SMILES string of the molecule is CCCCN1C(=O)C(=Cc2ccc3c(c2)OCO3)C(=O)N(CCCCl)C1=O. The minimum atomic E-state index is -0.597. The summed E-state index contributed by atoms with van der Waals surface area (Å²) in [5.41, 5.74) is 0.581. The van der Waals surface area contributed by atoms with E-state index in [4.69, 9.17) is 21.1 Å². The molecule has 1 saturated heterocycles. The van der Waals surface area contributed by atoms with Crippen molar-refractivity contribution in [2.24, 2.45) is 0 Å². The van der Waals surface area contributed by atoms with Crippen LogP contribution in [0.1, 0.15) is 31.7 Å². The Bertz CT molecular complexity index is 760. The summed E-state index contributed by atoms with van der Waals surface area (Å²) < 4.78 is 10.6. The third-order valence-corrected chi connectivity index (χ3v) is 4.64. The number of urea groups is 1. The highest BCUT2D eigenvalue weighted by Crippen LogP contribution is 2.33. The molecule has 2 heterocycles. The van der Waals surface area contributed by atoms with Crippen LogP contribution in [0.4, 0.5) is 4.79 Å². The fourth-order valence-electron chi connectivity index (χ4n) is 2.92. The first-order chi connectivity index (χ1) is 13.1. The number of unbranched alkanes of at least 4 members (excludes halogenated alkanes) is 1. The fraction of sp³-hybridized carbons (Fsp3) is 0.421. The lowest BCUT2D eigenvalue weighted by Crippen LogP contribution is -2.56. The molecule has 3 rings (SSSR count). The lowest BCUT2D eigenvalue weighted by Gasteiger charge is -2.34. The van der Waals surface area contributed by atoms with E-state index in [-0.39, 0.29) is 25.5 Å². The van der Waals surface area contributed by atoms with Crippen molar-refractivity contribution in [3.8, 4) is 11.5 Å². The molecule has 2 aliphatic heterocycles. The quantitative estimate of drug-likeness (QED) is 0.405. The second-order valence-electron chi connectivity index (χ2n) is 6.26. The predicted molar refractivity (Wildman–Crippen MR) is 99.6 cm³/mol. The number of carbonyl (C=O) groups is 3. The number of halogens is 1. The molecule has 0 aliphatic carbocycles. The summed E-state index contributed by atoms with van der Waals surface area (Å²) in [6.45, 7) is 2.56. The van der Waals surface area contributed by atoms with E-state index >= 15 is 0 Å². The number of benzene rings is 1. The van der Waals surface area contributed by atoms with Crippen molar-refractivity contribution in [1.82, 2.24) is 9.80 Å². The number of hydrogen-bond donors (Lipinski definition) is 0. The van der Waals surface area contributed by atoms with Crippen LogP contribution in [0.15, 0.2) is 23.8 Å². The molecule has 0 spiro atoms. The van der Waals surface area contributed by atoms with E-state index in [2.05, 4.69) is 0 Å². The van der Waals surface area contributed by atoms with Gasteiger partial charge in [-0.3, -0.25) is 19.4 Å². The van der Waals surface area contributed by atoms with Crippen molar-refractivity contribution in [3.05, 3.63) is 29.3 Å². The molecule has 0 radical (unpaired) electrons. The number of hydrogen-bond acceptors (Lipinski definition) is 5. The largest absolute Gasteiger partial charge is 0.454 e. The van der Waals surface area contributed by atoms with Crippen LogP contribution in [0.5, 0.6) is 11.5 Å². The second-order valence-corrected chi connectivity index (χ2v) is 6.64. The zero-order valence-electron chi connectivity index (χ0n) is 15.1. The summed E-state index contributed by atoms with van der Waals surface area (Å²) in [5, 5.41) is 0. The normalized spacial score (nSPS) is 18.0. The van der Waals surface area contributed by atoms with Gasteiger partial charge in [0.15, 0.2) is 11.5 Å². The summed E-state index contributed by atoms with van der Waals surface area (Å²) >= 11 is 5.71. The second kappa shape index (κ2) is 8.43. The Kier molecular flexibility index (Phi) is 6.01. The van der Waals surface area contributed by atoms with Gasteiger partial charge in [0.25, 0.3) is 11.8 Å². The van der Waals surface area contributed by atoms with Gasteiger partial charge in [-0.15, -0.1) is 11.6 Å². The Balaban J connectivity index is 1.94. The Morgan fingerprint density at radius 3 is 2.37 bits per heavy atom. The minimum Gasteiger partial charge on any atom is -0.454 e. The molecule has 4 amide bonds. The van der Waals surface area contributed by atoms with E-state index < -0.39 is 17.8 Å². The molecule has 2 aliphatic rings. The van der Waals surface area contributed by atoms with Gasteiger partial charge < -0.3 is 9.47 Å². The van der Waals surface area contributed by atoms with Crippen LogP contribution >= 0.6 is 11.6 Å². The predicted octanol–water partition coefficient (Wildman–Crippen LogP) is 3.02. The highest BCUT2D eigenvalue weighted by Gasteiger charge is 2.41. The highest BCUT2D eigenvalue weighted by molar-refractivity contribution is 6.30. The molecule has 8 heteroatoms. The zero-order chi connectivity index (χ0) is 19.4. The first kappa shape index (κ1) is 19.2. The zero-order valence-corrected chi connectivity index (χ0v) is 15.8. The van der Waals surface area contributed by atoms with Gasteiger partial charge in [-0.1, -0.05) is 19.4 Å². The number of carbonyl (C=O) groups excluding carboxylic acids is 3. The first-order valence-electron chi connectivity index (χ1n) is 8.91. The van der Waals surface area contributed by atoms with Crippen LogP contribution in [0.3, 0.4) is 0 Å². The molecular formula is C19H21ClN2O5. The Morgan fingerprint density at radius 2 is 1.70 bits per heavy atom. The summed E-state index contributed by atoms with van der Waals surface area (Å²) in [7, 11) is 0.